The number of hydrogen-bond acceptors (Lipinski definition) is 9. The van der Waals surface area contributed by atoms with Crippen molar-refractivity contribution in [2.75, 3.05) is 25.4 Å². The van der Waals surface area contributed by atoms with Crippen LogP contribution in [0.4, 0.5) is 4.79 Å². The predicted octanol–water partition coefficient (Wildman–Crippen LogP) is 2.24. The van der Waals surface area contributed by atoms with Gasteiger partial charge in [0, 0.05) is 12.3 Å². The van der Waals surface area contributed by atoms with Crippen LogP contribution in [0.5, 0.6) is 0 Å². The van der Waals surface area contributed by atoms with Gasteiger partial charge in [0.1, 0.15) is 16.3 Å². The lowest BCUT2D eigenvalue weighted by Gasteiger charge is -2.16. The average Bonchev–Trinajstić information content (AvgIpc) is 3.18. The molecule has 1 N–H and O–H groups in total. The fraction of sp³-hybridized carbons (Fsp3) is 0.471. The zero-order valence-electron chi connectivity index (χ0n) is 15.6. The van der Waals surface area contributed by atoms with Gasteiger partial charge >= 0.3 is 11.9 Å². The molecule has 2 aromatic rings. The van der Waals surface area contributed by atoms with Gasteiger partial charge in [0.25, 0.3) is 10.8 Å². The zero-order chi connectivity index (χ0) is 20.4. The van der Waals surface area contributed by atoms with Crippen LogP contribution < -0.4 is 5.56 Å². The number of fused-ring (bicyclic) bond motifs is 1. The summed E-state index contributed by atoms with van der Waals surface area (Å²) in [6.07, 6.45) is -0.816. The van der Waals surface area contributed by atoms with E-state index < -0.39 is 23.6 Å². The number of rotatable bonds is 6. The van der Waals surface area contributed by atoms with E-state index in [-0.39, 0.29) is 24.2 Å². The summed E-state index contributed by atoms with van der Waals surface area (Å²) in [5, 5.41) is 0.160. The molecule has 0 bridgehead atoms. The molecule has 1 amide bonds. The largest absolute Gasteiger partial charge is 0.462 e. The number of aromatic nitrogens is 2. The Morgan fingerprint density at radius 1 is 1.36 bits per heavy atom. The van der Waals surface area contributed by atoms with Gasteiger partial charge in [-0.3, -0.25) is 14.4 Å². The number of carbonyl (C=O) groups is 3. The maximum Gasteiger partial charge on any atom is 0.348 e. The van der Waals surface area contributed by atoms with Crippen molar-refractivity contribution in [3.8, 4) is 0 Å². The van der Waals surface area contributed by atoms with Crippen molar-refractivity contribution < 1.29 is 23.9 Å². The SMILES string of the molecule is CCOC(=O)c1sc2nc([C@@H](C)OC(=O)CN3CCSC3=O)[nH]c(=O)c2c1C. The minimum Gasteiger partial charge on any atom is -0.462 e. The first-order valence-corrected chi connectivity index (χ1v) is 10.4. The molecule has 1 fully saturated rings. The summed E-state index contributed by atoms with van der Waals surface area (Å²) in [5.74, 6) is -0.268. The van der Waals surface area contributed by atoms with Crippen molar-refractivity contribution in [2.45, 2.75) is 26.9 Å². The molecule has 0 saturated carbocycles. The molecule has 9 nitrogen and oxygen atoms in total. The van der Waals surface area contributed by atoms with Gasteiger partial charge < -0.3 is 19.4 Å². The lowest BCUT2D eigenvalue weighted by Crippen LogP contribution is -2.31. The number of thiophene rings is 1. The Morgan fingerprint density at radius 3 is 2.75 bits per heavy atom. The number of nitrogens with one attached hydrogen (secondary N) is 1. The predicted molar refractivity (Wildman–Crippen MR) is 105 cm³/mol. The van der Waals surface area contributed by atoms with Crippen LogP contribution in [0.25, 0.3) is 10.2 Å². The molecular formula is C17H19N3O6S2. The molecule has 3 rings (SSSR count). The standard InChI is InChI=1S/C17H19N3O6S2/c1-4-25-16(23)12-8(2)11-14(22)18-13(19-15(11)28-12)9(3)26-10(21)7-20-5-6-27-17(20)24/h9H,4-7H2,1-3H3,(H,18,19,22)/t9-/m1/s1. The van der Waals surface area contributed by atoms with Crippen molar-refractivity contribution in [2.24, 2.45) is 0 Å². The van der Waals surface area contributed by atoms with E-state index in [2.05, 4.69) is 9.97 Å². The van der Waals surface area contributed by atoms with Gasteiger partial charge in [-0.25, -0.2) is 9.78 Å². The number of amides is 1. The highest BCUT2D eigenvalue weighted by Crippen LogP contribution is 2.28. The minimum atomic E-state index is -0.816. The first-order valence-electron chi connectivity index (χ1n) is 8.63. The number of thioether (sulfide) groups is 1. The maximum atomic E-state index is 12.5. The summed E-state index contributed by atoms with van der Waals surface area (Å²) in [6, 6.07) is 0. The smallest absolute Gasteiger partial charge is 0.348 e. The van der Waals surface area contributed by atoms with Crippen molar-refractivity contribution in [1.82, 2.24) is 14.9 Å². The highest BCUT2D eigenvalue weighted by atomic mass is 32.2. The first-order chi connectivity index (χ1) is 13.3. The van der Waals surface area contributed by atoms with E-state index in [0.717, 1.165) is 23.1 Å². The van der Waals surface area contributed by atoms with E-state index in [4.69, 9.17) is 9.47 Å². The number of carbonyl (C=O) groups excluding carboxylic acids is 3. The lowest BCUT2D eigenvalue weighted by atomic mass is 10.2. The second kappa shape index (κ2) is 8.31. The van der Waals surface area contributed by atoms with E-state index in [1.807, 2.05) is 0 Å². The highest BCUT2D eigenvalue weighted by molar-refractivity contribution is 8.13. The molecule has 1 saturated heterocycles. The van der Waals surface area contributed by atoms with Crippen LogP contribution in [0.1, 0.15) is 41.0 Å². The topological polar surface area (TPSA) is 119 Å². The molecule has 0 aliphatic carbocycles. The fourth-order valence-electron chi connectivity index (χ4n) is 2.76. The third-order valence-electron chi connectivity index (χ3n) is 4.14. The van der Waals surface area contributed by atoms with Crippen LogP contribution in [0.3, 0.4) is 0 Å². The molecular weight excluding hydrogens is 406 g/mol. The number of H-pyrrole nitrogens is 1. The molecule has 1 atom stereocenters. The molecule has 0 spiro atoms. The van der Waals surface area contributed by atoms with Gasteiger partial charge in [-0.2, -0.15) is 0 Å². The molecule has 0 unspecified atom stereocenters. The number of ether oxygens (including phenoxy) is 2. The Hall–Kier alpha value is -2.40. The van der Waals surface area contributed by atoms with Crippen LogP contribution in [-0.2, 0) is 14.3 Å². The molecule has 28 heavy (non-hydrogen) atoms. The molecule has 0 aromatic carbocycles. The summed E-state index contributed by atoms with van der Waals surface area (Å²) in [6.45, 7) is 5.53. The third kappa shape index (κ3) is 4.04. The molecule has 2 aromatic heterocycles. The van der Waals surface area contributed by atoms with Crippen molar-refractivity contribution in [3.05, 3.63) is 26.6 Å². The Bertz CT molecular complexity index is 999. The maximum absolute atomic E-state index is 12.5. The summed E-state index contributed by atoms with van der Waals surface area (Å²) >= 11 is 2.22. The summed E-state index contributed by atoms with van der Waals surface area (Å²) in [4.78, 5) is 57.3. The van der Waals surface area contributed by atoms with Gasteiger partial charge in [-0.05, 0) is 26.3 Å². The normalized spacial score (nSPS) is 15.1. The van der Waals surface area contributed by atoms with Gasteiger partial charge in [-0.15, -0.1) is 11.3 Å². The van der Waals surface area contributed by atoms with Crippen molar-refractivity contribution in [1.29, 1.82) is 0 Å². The van der Waals surface area contributed by atoms with E-state index >= 15 is 0 Å². The van der Waals surface area contributed by atoms with Crippen LogP contribution in [-0.4, -0.2) is 57.5 Å². The van der Waals surface area contributed by atoms with E-state index in [0.29, 0.717) is 33.0 Å². The van der Waals surface area contributed by atoms with Crippen LogP contribution in [0, 0.1) is 6.92 Å². The highest BCUT2D eigenvalue weighted by Gasteiger charge is 2.26. The van der Waals surface area contributed by atoms with Crippen LogP contribution in [0.15, 0.2) is 4.79 Å². The number of esters is 2. The van der Waals surface area contributed by atoms with Crippen molar-refractivity contribution >= 4 is 50.5 Å². The van der Waals surface area contributed by atoms with Crippen molar-refractivity contribution in [3.63, 3.8) is 0 Å². The Labute approximate surface area is 168 Å². The molecule has 0 radical (unpaired) electrons. The molecule has 11 heteroatoms. The molecule has 1 aliphatic rings. The fourth-order valence-corrected chi connectivity index (χ4v) is 4.67. The first kappa shape index (κ1) is 20.3. The number of aryl methyl sites for hydroxylation is 1. The Kier molecular flexibility index (Phi) is 6.04. The van der Waals surface area contributed by atoms with Gasteiger partial charge in [0.2, 0.25) is 0 Å². The number of aromatic amines is 1. The second-order valence-corrected chi connectivity index (χ2v) is 8.12. The molecule has 1 aliphatic heterocycles. The Morgan fingerprint density at radius 2 is 2.11 bits per heavy atom. The summed E-state index contributed by atoms with van der Waals surface area (Å²) in [5.41, 5.74) is 0.0896. The number of hydrogen-bond donors (Lipinski definition) is 1. The molecule has 3 heterocycles. The quantitative estimate of drug-likeness (QED) is 0.700. The second-order valence-electron chi connectivity index (χ2n) is 6.08. The Balaban J connectivity index is 1.80. The van der Waals surface area contributed by atoms with Gasteiger partial charge in [0.15, 0.2) is 11.9 Å². The van der Waals surface area contributed by atoms with Gasteiger partial charge in [0.05, 0.1) is 12.0 Å². The van der Waals surface area contributed by atoms with E-state index in [1.54, 1.807) is 20.8 Å². The zero-order valence-corrected chi connectivity index (χ0v) is 17.2. The summed E-state index contributed by atoms with van der Waals surface area (Å²) in [7, 11) is 0. The van der Waals surface area contributed by atoms with Crippen LogP contribution >= 0.6 is 23.1 Å². The third-order valence-corrected chi connectivity index (χ3v) is 6.20. The number of nitrogens with zero attached hydrogens (tertiary/aromatic N) is 2. The average molecular weight is 425 g/mol. The lowest BCUT2D eigenvalue weighted by molar-refractivity contribution is -0.149. The van der Waals surface area contributed by atoms with E-state index in [9.17, 15) is 19.2 Å². The minimum absolute atomic E-state index is 0.145. The monoisotopic (exact) mass is 425 g/mol. The summed E-state index contributed by atoms with van der Waals surface area (Å²) < 4.78 is 10.3. The van der Waals surface area contributed by atoms with Gasteiger partial charge in [-0.1, -0.05) is 11.8 Å². The molecule has 150 valence electrons. The van der Waals surface area contributed by atoms with Crippen LogP contribution in [0.2, 0.25) is 0 Å². The van der Waals surface area contributed by atoms with E-state index in [1.165, 1.54) is 4.90 Å².